The minimum atomic E-state index is -0.285. The molecule has 3 nitrogen and oxygen atoms in total. The molecule has 0 spiro atoms. The van der Waals surface area contributed by atoms with Crippen molar-refractivity contribution in [2.75, 3.05) is 19.8 Å². The highest BCUT2D eigenvalue weighted by Gasteiger charge is 2.44. The molecule has 0 bridgehead atoms. The molecule has 1 heterocycles. The van der Waals surface area contributed by atoms with Gasteiger partial charge in [-0.3, -0.25) is 4.79 Å². The molecule has 1 fully saturated rings. The molecule has 0 radical (unpaired) electrons. The summed E-state index contributed by atoms with van der Waals surface area (Å²) in [6, 6.07) is 10.3. The van der Waals surface area contributed by atoms with Crippen LogP contribution in [0.1, 0.15) is 32.8 Å². The molecule has 3 heteroatoms. The van der Waals surface area contributed by atoms with Crippen LogP contribution in [0, 0.1) is 5.41 Å². The average Bonchev–Trinajstić information content (AvgIpc) is 2.37. The minimum absolute atomic E-state index is 0.0591. The van der Waals surface area contributed by atoms with Crippen molar-refractivity contribution in [1.29, 1.82) is 0 Å². The van der Waals surface area contributed by atoms with Gasteiger partial charge in [0.05, 0.1) is 18.6 Å². The Balaban J connectivity index is 1.96. The predicted molar refractivity (Wildman–Crippen MR) is 76.0 cm³/mol. The third-order valence-corrected chi connectivity index (χ3v) is 4.16. The van der Waals surface area contributed by atoms with Crippen LogP contribution in [0.2, 0.25) is 0 Å². The van der Waals surface area contributed by atoms with Gasteiger partial charge in [0.25, 0.3) is 0 Å². The summed E-state index contributed by atoms with van der Waals surface area (Å²) in [5.74, 6) is 0.130. The lowest BCUT2D eigenvalue weighted by molar-refractivity contribution is -0.162. The Morgan fingerprint density at radius 3 is 2.42 bits per heavy atom. The fourth-order valence-corrected chi connectivity index (χ4v) is 2.32. The zero-order valence-electron chi connectivity index (χ0n) is 12.0. The van der Waals surface area contributed by atoms with Crippen LogP contribution < -0.4 is 5.32 Å². The first kappa shape index (κ1) is 14.1. The van der Waals surface area contributed by atoms with Gasteiger partial charge in [0, 0.05) is 12.0 Å². The first-order chi connectivity index (χ1) is 9.00. The maximum absolute atomic E-state index is 12.3. The van der Waals surface area contributed by atoms with Crippen LogP contribution in [0.4, 0.5) is 0 Å². The molecule has 1 aromatic carbocycles. The van der Waals surface area contributed by atoms with Crippen molar-refractivity contribution in [3.63, 3.8) is 0 Å². The van der Waals surface area contributed by atoms with E-state index >= 15 is 0 Å². The van der Waals surface area contributed by atoms with E-state index in [1.165, 1.54) is 5.56 Å². The van der Waals surface area contributed by atoms with Crippen LogP contribution >= 0.6 is 0 Å². The van der Waals surface area contributed by atoms with E-state index in [9.17, 15) is 4.79 Å². The van der Waals surface area contributed by atoms with Crippen LogP contribution in [0.25, 0.3) is 0 Å². The average molecular weight is 261 g/mol. The number of hydrogen-bond donors (Lipinski definition) is 1. The van der Waals surface area contributed by atoms with E-state index in [4.69, 9.17) is 4.74 Å². The second kappa shape index (κ2) is 5.33. The number of amides is 1. The molecule has 19 heavy (non-hydrogen) atoms. The van der Waals surface area contributed by atoms with Crippen LogP contribution in [-0.2, 0) is 14.9 Å². The standard InChI is InChI=1S/C16H23NO2/c1-4-16(11-19-12-16)14(18)17-10-15(2,3)13-8-6-5-7-9-13/h5-9H,4,10-12H2,1-3H3,(H,17,18). The van der Waals surface area contributed by atoms with Crippen molar-refractivity contribution in [2.45, 2.75) is 32.6 Å². The summed E-state index contributed by atoms with van der Waals surface area (Å²) in [7, 11) is 0. The first-order valence-corrected chi connectivity index (χ1v) is 6.92. The van der Waals surface area contributed by atoms with Gasteiger partial charge in [-0.15, -0.1) is 0 Å². The maximum atomic E-state index is 12.3. The minimum Gasteiger partial charge on any atom is -0.379 e. The van der Waals surface area contributed by atoms with Crippen molar-refractivity contribution in [2.24, 2.45) is 5.41 Å². The zero-order chi connectivity index (χ0) is 13.9. The first-order valence-electron chi connectivity index (χ1n) is 6.92. The molecule has 0 aromatic heterocycles. The van der Waals surface area contributed by atoms with Gasteiger partial charge in [-0.1, -0.05) is 51.1 Å². The molecular formula is C16H23NO2. The SMILES string of the molecule is CCC1(C(=O)NCC(C)(C)c2ccccc2)COC1. The molecule has 1 saturated heterocycles. The second-order valence-corrected chi connectivity index (χ2v) is 6.06. The lowest BCUT2D eigenvalue weighted by Gasteiger charge is -2.40. The number of rotatable bonds is 5. The van der Waals surface area contributed by atoms with Crippen molar-refractivity contribution >= 4 is 5.91 Å². The lowest BCUT2D eigenvalue weighted by Crippen LogP contribution is -2.55. The number of carbonyl (C=O) groups is 1. The van der Waals surface area contributed by atoms with Gasteiger partial charge in [-0.25, -0.2) is 0 Å². The highest BCUT2D eigenvalue weighted by atomic mass is 16.5. The topological polar surface area (TPSA) is 38.3 Å². The zero-order valence-corrected chi connectivity index (χ0v) is 12.0. The van der Waals surface area contributed by atoms with Crippen LogP contribution in [0.5, 0.6) is 0 Å². The van der Waals surface area contributed by atoms with Crippen molar-refractivity contribution in [1.82, 2.24) is 5.32 Å². The molecule has 1 N–H and O–H groups in total. The number of carbonyl (C=O) groups excluding carboxylic acids is 1. The third kappa shape index (κ3) is 2.81. The summed E-state index contributed by atoms with van der Waals surface area (Å²) in [5.41, 5.74) is 0.897. The van der Waals surface area contributed by atoms with E-state index in [-0.39, 0.29) is 16.7 Å². The smallest absolute Gasteiger partial charge is 0.230 e. The fourth-order valence-electron chi connectivity index (χ4n) is 2.32. The quantitative estimate of drug-likeness (QED) is 0.884. The van der Waals surface area contributed by atoms with Gasteiger partial charge < -0.3 is 10.1 Å². The van der Waals surface area contributed by atoms with Gasteiger partial charge in [0.1, 0.15) is 0 Å². The Labute approximate surface area is 115 Å². The summed E-state index contributed by atoms with van der Waals surface area (Å²) in [6.45, 7) is 8.11. The van der Waals surface area contributed by atoms with Gasteiger partial charge >= 0.3 is 0 Å². The van der Waals surface area contributed by atoms with Gasteiger partial charge in [0.15, 0.2) is 0 Å². The number of benzene rings is 1. The highest BCUT2D eigenvalue weighted by molar-refractivity contribution is 5.83. The summed E-state index contributed by atoms with van der Waals surface area (Å²) < 4.78 is 5.21. The molecule has 2 rings (SSSR count). The third-order valence-electron chi connectivity index (χ3n) is 4.16. The largest absolute Gasteiger partial charge is 0.379 e. The number of nitrogens with one attached hydrogen (secondary N) is 1. The Hall–Kier alpha value is -1.35. The van der Waals surface area contributed by atoms with E-state index in [2.05, 4.69) is 31.3 Å². The van der Waals surface area contributed by atoms with E-state index in [1.54, 1.807) is 0 Å². The molecule has 1 aromatic rings. The molecule has 1 aliphatic rings. The summed E-state index contributed by atoms with van der Waals surface area (Å²) >= 11 is 0. The Bertz CT molecular complexity index is 430. The fraction of sp³-hybridized carbons (Fsp3) is 0.562. The molecular weight excluding hydrogens is 238 g/mol. The summed E-state index contributed by atoms with van der Waals surface area (Å²) in [6.07, 6.45) is 0.838. The highest BCUT2D eigenvalue weighted by Crippen LogP contribution is 2.31. The van der Waals surface area contributed by atoms with Crippen LogP contribution in [0.3, 0.4) is 0 Å². The van der Waals surface area contributed by atoms with Crippen LogP contribution in [0.15, 0.2) is 30.3 Å². The van der Waals surface area contributed by atoms with Crippen molar-refractivity contribution in [3.8, 4) is 0 Å². The molecule has 0 atom stereocenters. The lowest BCUT2D eigenvalue weighted by atomic mass is 9.80. The molecule has 104 valence electrons. The Kier molecular flexibility index (Phi) is 3.95. The Morgan fingerprint density at radius 1 is 1.32 bits per heavy atom. The summed E-state index contributed by atoms with van der Waals surface area (Å²) in [5, 5.41) is 3.10. The van der Waals surface area contributed by atoms with Crippen molar-refractivity contribution in [3.05, 3.63) is 35.9 Å². The van der Waals surface area contributed by atoms with Gasteiger partial charge in [-0.05, 0) is 12.0 Å². The number of ether oxygens (including phenoxy) is 1. The van der Waals surface area contributed by atoms with Gasteiger partial charge in [0.2, 0.25) is 5.91 Å². The predicted octanol–water partition coefficient (Wildman–Crippen LogP) is 2.51. The normalized spacial score (nSPS) is 17.6. The molecule has 1 amide bonds. The monoisotopic (exact) mass is 261 g/mol. The molecule has 1 aliphatic heterocycles. The molecule has 0 saturated carbocycles. The molecule has 0 aliphatic carbocycles. The van der Waals surface area contributed by atoms with E-state index in [1.807, 2.05) is 25.1 Å². The Morgan fingerprint density at radius 2 is 1.95 bits per heavy atom. The van der Waals surface area contributed by atoms with Crippen molar-refractivity contribution < 1.29 is 9.53 Å². The second-order valence-electron chi connectivity index (χ2n) is 6.06. The molecule has 0 unspecified atom stereocenters. The van der Waals surface area contributed by atoms with Crippen LogP contribution in [-0.4, -0.2) is 25.7 Å². The van der Waals surface area contributed by atoms with Gasteiger partial charge in [-0.2, -0.15) is 0 Å². The van der Waals surface area contributed by atoms with E-state index in [0.717, 1.165) is 6.42 Å². The maximum Gasteiger partial charge on any atom is 0.230 e. The van der Waals surface area contributed by atoms with E-state index in [0.29, 0.717) is 19.8 Å². The van der Waals surface area contributed by atoms with E-state index < -0.39 is 0 Å². The number of hydrogen-bond acceptors (Lipinski definition) is 2. The summed E-state index contributed by atoms with van der Waals surface area (Å²) in [4.78, 5) is 12.3.